The fourth-order valence-corrected chi connectivity index (χ4v) is 1.91. The molecule has 1 rings (SSSR count). The summed E-state index contributed by atoms with van der Waals surface area (Å²) in [5.41, 5.74) is 1.17. The van der Waals surface area contributed by atoms with E-state index in [1.807, 2.05) is 6.92 Å². The Morgan fingerprint density at radius 1 is 1.62 bits per heavy atom. The molecule has 0 atom stereocenters. The van der Waals surface area contributed by atoms with Gasteiger partial charge in [0.25, 0.3) is 5.22 Å². The smallest absolute Gasteiger partial charge is 0.255 e. The summed E-state index contributed by atoms with van der Waals surface area (Å²) >= 11 is 5.93. The molecule has 74 valence electrons. The van der Waals surface area contributed by atoms with Gasteiger partial charge in [-0.2, -0.15) is 12.6 Å². The summed E-state index contributed by atoms with van der Waals surface area (Å²) in [4.78, 5) is 4.22. The third-order valence-electron chi connectivity index (χ3n) is 1.61. The average molecular weight is 217 g/mol. The van der Waals surface area contributed by atoms with Gasteiger partial charge in [-0.1, -0.05) is 25.6 Å². The average Bonchev–Trinajstić information content (AvgIpc) is 2.48. The molecule has 0 aliphatic rings. The van der Waals surface area contributed by atoms with Crippen molar-refractivity contribution in [1.29, 1.82) is 0 Å². The highest BCUT2D eigenvalue weighted by molar-refractivity contribution is 7.99. The normalized spacial score (nSPS) is 12.0. The molecule has 0 N–H and O–H groups in total. The predicted molar refractivity (Wildman–Crippen MR) is 59.6 cm³/mol. The topological polar surface area (TPSA) is 26.0 Å². The van der Waals surface area contributed by atoms with Crippen LogP contribution in [0.5, 0.6) is 0 Å². The molecule has 0 unspecified atom stereocenters. The van der Waals surface area contributed by atoms with Gasteiger partial charge in [0, 0.05) is 5.75 Å². The van der Waals surface area contributed by atoms with E-state index < -0.39 is 0 Å². The maximum absolute atomic E-state index is 5.23. The van der Waals surface area contributed by atoms with Crippen LogP contribution in [0.25, 0.3) is 0 Å². The molecule has 1 aromatic rings. The zero-order chi connectivity index (χ0) is 9.90. The number of hydrogen-bond acceptors (Lipinski definition) is 4. The minimum atomic E-state index is 0.232. The van der Waals surface area contributed by atoms with Gasteiger partial charge in [0.15, 0.2) is 0 Å². The highest BCUT2D eigenvalue weighted by Crippen LogP contribution is 2.27. The van der Waals surface area contributed by atoms with Gasteiger partial charge in [-0.05, 0) is 18.1 Å². The third-order valence-corrected chi connectivity index (χ3v) is 3.83. The summed E-state index contributed by atoms with van der Waals surface area (Å²) in [5.74, 6) is 1.86. The summed E-state index contributed by atoms with van der Waals surface area (Å²) in [6, 6.07) is 0. The van der Waals surface area contributed by atoms with Crippen LogP contribution in [0.2, 0.25) is 0 Å². The number of nitrogens with zero attached hydrogens (tertiary/aromatic N) is 1. The van der Waals surface area contributed by atoms with Gasteiger partial charge in [-0.15, -0.1) is 0 Å². The lowest BCUT2D eigenvalue weighted by molar-refractivity contribution is 0.447. The van der Waals surface area contributed by atoms with Crippen LogP contribution in [-0.2, 0) is 0 Å². The van der Waals surface area contributed by atoms with Gasteiger partial charge in [-0.25, -0.2) is 4.98 Å². The zero-order valence-corrected chi connectivity index (χ0v) is 9.91. The van der Waals surface area contributed by atoms with Crippen molar-refractivity contribution < 1.29 is 4.42 Å². The standard InChI is InChI=1S/C9H15NOS2/c1-7-4-11-8(10-7)13-6-9(2,3)5-12/h4,12H,5-6H2,1-3H3. The zero-order valence-electron chi connectivity index (χ0n) is 8.20. The summed E-state index contributed by atoms with van der Waals surface area (Å²) < 4.78 is 5.23. The molecule has 2 nitrogen and oxygen atoms in total. The maximum Gasteiger partial charge on any atom is 0.255 e. The van der Waals surface area contributed by atoms with Crippen LogP contribution >= 0.6 is 24.4 Å². The molecule has 0 bridgehead atoms. The first-order chi connectivity index (χ1) is 6.03. The number of thiol groups is 1. The Labute approximate surface area is 88.9 Å². The van der Waals surface area contributed by atoms with Gasteiger partial charge in [0.1, 0.15) is 6.26 Å². The van der Waals surface area contributed by atoms with Crippen LogP contribution < -0.4 is 0 Å². The quantitative estimate of drug-likeness (QED) is 0.620. The minimum absolute atomic E-state index is 0.232. The molecule has 0 amide bonds. The Morgan fingerprint density at radius 3 is 2.77 bits per heavy atom. The van der Waals surface area contributed by atoms with Crippen molar-refractivity contribution >= 4 is 24.4 Å². The molecule has 0 radical (unpaired) electrons. The highest BCUT2D eigenvalue weighted by Gasteiger charge is 2.17. The van der Waals surface area contributed by atoms with Crippen molar-refractivity contribution in [2.75, 3.05) is 11.5 Å². The number of aryl methyl sites for hydroxylation is 1. The molecule has 0 aliphatic carbocycles. The Bertz CT molecular complexity index is 270. The monoisotopic (exact) mass is 217 g/mol. The largest absolute Gasteiger partial charge is 0.440 e. The second-order valence-corrected chi connectivity index (χ2v) is 5.11. The summed E-state index contributed by atoms with van der Waals surface area (Å²) in [6.45, 7) is 6.29. The first kappa shape index (κ1) is 11.0. The van der Waals surface area contributed by atoms with Gasteiger partial charge < -0.3 is 4.42 Å². The number of aromatic nitrogens is 1. The lowest BCUT2D eigenvalue weighted by Gasteiger charge is -2.19. The molecular weight excluding hydrogens is 202 g/mol. The number of thioether (sulfide) groups is 1. The lowest BCUT2D eigenvalue weighted by atomic mass is 10.0. The van der Waals surface area contributed by atoms with Crippen LogP contribution in [0, 0.1) is 12.3 Å². The van der Waals surface area contributed by atoms with Crippen LogP contribution in [0.3, 0.4) is 0 Å². The summed E-state index contributed by atoms with van der Waals surface area (Å²) in [6.07, 6.45) is 1.68. The van der Waals surface area contributed by atoms with E-state index in [0.29, 0.717) is 0 Å². The van der Waals surface area contributed by atoms with Gasteiger partial charge in [-0.3, -0.25) is 0 Å². The van der Waals surface area contributed by atoms with Crippen molar-refractivity contribution in [3.05, 3.63) is 12.0 Å². The number of oxazole rings is 1. The first-order valence-electron chi connectivity index (χ1n) is 4.19. The van der Waals surface area contributed by atoms with E-state index in [0.717, 1.165) is 22.4 Å². The van der Waals surface area contributed by atoms with E-state index in [4.69, 9.17) is 4.42 Å². The van der Waals surface area contributed by atoms with Gasteiger partial charge in [0.05, 0.1) is 5.69 Å². The van der Waals surface area contributed by atoms with Crippen molar-refractivity contribution in [2.24, 2.45) is 5.41 Å². The molecule has 1 heterocycles. The molecule has 0 aliphatic heterocycles. The van der Waals surface area contributed by atoms with Crippen LogP contribution in [0.15, 0.2) is 15.9 Å². The van der Waals surface area contributed by atoms with E-state index in [9.17, 15) is 0 Å². The van der Waals surface area contributed by atoms with E-state index in [2.05, 4.69) is 31.5 Å². The van der Waals surface area contributed by atoms with Crippen molar-refractivity contribution in [3.8, 4) is 0 Å². The minimum Gasteiger partial charge on any atom is -0.440 e. The molecule has 0 spiro atoms. The second kappa shape index (κ2) is 4.42. The lowest BCUT2D eigenvalue weighted by Crippen LogP contribution is -2.16. The van der Waals surface area contributed by atoms with E-state index >= 15 is 0 Å². The third kappa shape index (κ3) is 3.65. The maximum atomic E-state index is 5.23. The fourth-order valence-electron chi connectivity index (χ4n) is 0.701. The molecule has 0 saturated carbocycles. The molecular formula is C9H15NOS2. The van der Waals surface area contributed by atoms with Crippen LogP contribution in [-0.4, -0.2) is 16.5 Å². The van der Waals surface area contributed by atoms with Crippen molar-refractivity contribution in [1.82, 2.24) is 4.98 Å². The van der Waals surface area contributed by atoms with Crippen LogP contribution in [0.1, 0.15) is 19.5 Å². The summed E-state index contributed by atoms with van der Waals surface area (Å²) in [5, 5.41) is 0.757. The molecule has 13 heavy (non-hydrogen) atoms. The molecule has 0 saturated heterocycles. The first-order valence-corrected chi connectivity index (χ1v) is 5.81. The van der Waals surface area contributed by atoms with Crippen molar-refractivity contribution in [2.45, 2.75) is 26.0 Å². The summed E-state index contributed by atoms with van der Waals surface area (Å²) in [7, 11) is 0. The molecule has 4 heteroatoms. The highest BCUT2D eigenvalue weighted by atomic mass is 32.2. The van der Waals surface area contributed by atoms with Gasteiger partial charge >= 0.3 is 0 Å². The van der Waals surface area contributed by atoms with E-state index in [-0.39, 0.29) is 5.41 Å². The Kier molecular flexibility index (Phi) is 3.74. The number of hydrogen-bond donors (Lipinski definition) is 1. The van der Waals surface area contributed by atoms with Gasteiger partial charge in [0.2, 0.25) is 0 Å². The Morgan fingerprint density at radius 2 is 2.31 bits per heavy atom. The molecule has 0 aromatic carbocycles. The SMILES string of the molecule is Cc1coc(SCC(C)(C)CS)n1. The Hall–Kier alpha value is -0.0900. The molecule has 0 fully saturated rings. The van der Waals surface area contributed by atoms with Crippen LogP contribution in [0.4, 0.5) is 0 Å². The number of rotatable bonds is 4. The molecule has 1 aromatic heterocycles. The second-order valence-electron chi connectivity index (χ2n) is 3.87. The van der Waals surface area contributed by atoms with E-state index in [1.165, 1.54) is 0 Å². The fraction of sp³-hybridized carbons (Fsp3) is 0.667. The van der Waals surface area contributed by atoms with Crippen molar-refractivity contribution in [3.63, 3.8) is 0 Å². The van der Waals surface area contributed by atoms with E-state index in [1.54, 1.807) is 18.0 Å². The predicted octanol–water partition coefficient (Wildman–Crippen LogP) is 3.03. The Balaban J connectivity index is 2.43.